The minimum Gasteiger partial charge on any atom is -0.495 e. The number of para-hydroxylation sites is 3. The number of hydrogen-bond donors (Lipinski definition) is 3. The van der Waals surface area contributed by atoms with Gasteiger partial charge in [0, 0.05) is 10.6 Å². The lowest BCUT2D eigenvalue weighted by Gasteiger charge is -2.17. The van der Waals surface area contributed by atoms with Crippen LogP contribution in [-0.2, 0) is 11.0 Å². The van der Waals surface area contributed by atoms with Crippen LogP contribution in [0.2, 0.25) is 0 Å². The van der Waals surface area contributed by atoms with E-state index >= 15 is 0 Å². The Hall–Kier alpha value is -3.24. The van der Waals surface area contributed by atoms with Crippen molar-refractivity contribution < 1.29 is 22.7 Å². The first-order valence-electron chi connectivity index (χ1n) is 10.1. The van der Waals surface area contributed by atoms with Crippen molar-refractivity contribution in [3.63, 3.8) is 0 Å². The topological polar surface area (TPSA) is 62.4 Å². The van der Waals surface area contributed by atoms with Crippen molar-refractivity contribution >= 4 is 52.1 Å². The minimum absolute atomic E-state index is 0.268. The number of carbonyl (C=O) groups is 1. The molecule has 0 fully saturated rings. The van der Waals surface area contributed by atoms with Crippen LogP contribution >= 0.6 is 24.0 Å². The zero-order chi connectivity index (χ0) is 24.7. The van der Waals surface area contributed by atoms with Crippen molar-refractivity contribution in [3.8, 4) is 5.75 Å². The predicted molar refractivity (Wildman–Crippen MR) is 135 cm³/mol. The van der Waals surface area contributed by atoms with Crippen molar-refractivity contribution in [2.24, 2.45) is 0 Å². The van der Waals surface area contributed by atoms with Gasteiger partial charge < -0.3 is 20.7 Å². The van der Waals surface area contributed by atoms with Crippen LogP contribution in [0.15, 0.2) is 77.7 Å². The molecule has 1 atom stereocenters. The SMILES string of the molecule is COc1ccccc1NC(=S)Nc1cccc(SC(C)C(=O)Nc2ccccc2C(F)(F)F)c1. The number of methoxy groups -OCH3 is 1. The number of carbonyl (C=O) groups excluding carboxylic acids is 1. The number of thioether (sulfide) groups is 1. The lowest BCUT2D eigenvalue weighted by molar-refractivity contribution is -0.137. The van der Waals surface area contributed by atoms with E-state index in [1.165, 1.54) is 30.0 Å². The average Bonchev–Trinajstić information content (AvgIpc) is 2.79. The van der Waals surface area contributed by atoms with Crippen molar-refractivity contribution in [2.45, 2.75) is 23.2 Å². The van der Waals surface area contributed by atoms with Crippen molar-refractivity contribution in [3.05, 3.63) is 78.4 Å². The fourth-order valence-corrected chi connectivity index (χ4v) is 4.17. The van der Waals surface area contributed by atoms with Gasteiger partial charge in [0.15, 0.2) is 5.11 Å². The van der Waals surface area contributed by atoms with Crippen LogP contribution in [0.4, 0.5) is 30.2 Å². The molecule has 3 aromatic rings. The molecule has 3 N–H and O–H groups in total. The van der Waals surface area contributed by atoms with E-state index in [0.717, 1.165) is 11.0 Å². The highest BCUT2D eigenvalue weighted by atomic mass is 32.2. The highest BCUT2D eigenvalue weighted by molar-refractivity contribution is 8.00. The van der Waals surface area contributed by atoms with E-state index in [-0.39, 0.29) is 5.69 Å². The van der Waals surface area contributed by atoms with Crippen LogP contribution in [0.3, 0.4) is 0 Å². The minimum atomic E-state index is -4.56. The normalized spacial score (nSPS) is 11.9. The molecule has 0 saturated heterocycles. The van der Waals surface area contributed by atoms with Crippen molar-refractivity contribution in [1.82, 2.24) is 0 Å². The molecule has 0 bridgehead atoms. The van der Waals surface area contributed by atoms with Gasteiger partial charge in [0.05, 0.1) is 29.3 Å². The summed E-state index contributed by atoms with van der Waals surface area (Å²) in [5.74, 6) is 0.108. The van der Waals surface area contributed by atoms with E-state index in [4.69, 9.17) is 17.0 Å². The average molecular weight is 506 g/mol. The number of alkyl halides is 3. The molecule has 0 aliphatic rings. The van der Waals surface area contributed by atoms with Gasteiger partial charge in [-0.2, -0.15) is 13.2 Å². The number of halogens is 3. The van der Waals surface area contributed by atoms with Gasteiger partial charge >= 0.3 is 6.18 Å². The molecular formula is C24H22F3N3O2S2. The Kier molecular flexibility index (Phi) is 8.41. The summed E-state index contributed by atoms with van der Waals surface area (Å²) in [5, 5.41) is 8.23. The summed E-state index contributed by atoms with van der Waals surface area (Å²) >= 11 is 6.59. The Morgan fingerprint density at radius 1 is 0.941 bits per heavy atom. The van der Waals surface area contributed by atoms with Gasteiger partial charge in [0.1, 0.15) is 5.75 Å². The Balaban J connectivity index is 1.63. The lowest BCUT2D eigenvalue weighted by atomic mass is 10.1. The van der Waals surface area contributed by atoms with E-state index in [1.54, 1.807) is 32.2 Å². The fourth-order valence-electron chi connectivity index (χ4n) is 3.01. The predicted octanol–water partition coefficient (Wildman–Crippen LogP) is 6.64. The molecule has 1 unspecified atom stereocenters. The van der Waals surface area contributed by atoms with Gasteiger partial charge in [-0.25, -0.2) is 0 Å². The summed E-state index contributed by atoms with van der Waals surface area (Å²) in [7, 11) is 1.57. The van der Waals surface area contributed by atoms with Crippen LogP contribution in [0, 0.1) is 0 Å². The summed E-state index contributed by atoms with van der Waals surface area (Å²) in [6.45, 7) is 1.63. The molecule has 10 heteroatoms. The van der Waals surface area contributed by atoms with Gasteiger partial charge in [-0.3, -0.25) is 4.79 Å². The molecule has 3 rings (SSSR count). The van der Waals surface area contributed by atoms with Crippen LogP contribution in [0.1, 0.15) is 12.5 Å². The third-order valence-electron chi connectivity index (χ3n) is 4.62. The Morgan fingerprint density at radius 3 is 2.32 bits per heavy atom. The third kappa shape index (κ3) is 6.88. The summed E-state index contributed by atoms with van der Waals surface area (Å²) in [5.41, 5.74) is 0.239. The van der Waals surface area contributed by atoms with Gasteiger partial charge in [0.2, 0.25) is 5.91 Å². The first-order chi connectivity index (χ1) is 16.2. The highest BCUT2D eigenvalue weighted by Crippen LogP contribution is 2.35. The smallest absolute Gasteiger partial charge is 0.418 e. The zero-order valence-corrected chi connectivity index (χ0v) is 19.9. The fraction of sp³-hybridized carbons (Fsp3) is 0.167. The summed E-state index contributed by atoms with van der Waals surface area (Å²) in [6.07, 6.45) is -4.56. The number of benzene rings is 3. The maximum absolute atomic E-state index is 13.2. The molecule has 0 aliphatic heterocycles. The quantitative estimate of drug-likeness (QED) is 0.247. The van der Waals surface area contributed by atoms with Gasteiger partial charge in [-0.15, -0.1) is 11.8 Å². The zero-order valence-electron chi connectivity index (χ0n) is 18.3. The van der Waals surface area contributed by atoms with Crippen LogP contribution in [-0.4, -0.2) is 23.4 Å². The third-order valence-corrected chi connectivity index (χ3v) is 5.92. The summed E-state index contributed by atoms with van der Waals surface area (Å²) in [6, 6.07) is 19.4. The molecule has 0 radical (unpaired) electrons. The monoisotopic (exact) mass is 505 g/mol. The second-order valence-electron chi connectivity index (χ2n) is 7.10. The van der Waals surface area contributed by atoms with E-state index in [1.807, 2.05) is 30.3 Å². The molecule has 0 aromatic heterocycles. The summed E-state index contributed by atoms with van der Waals surface area (Å²) in [4.78, 5) is 13.3. The van der Waals surface area contributed by atoms with Gasteiger partial charge in [-0.05, 0) is 61.6 Å². The summed E-state index contributed by atoms with van der Waals surface area (Å²) < 4.78 is 44.9. The number of amides is 1. The lowest BCUT2D eigenvalue weighted by Crippen LogP contribution is -2.24. The molecule has 3 aromatic carbocycles. The second-order valence-corrected chi connectivity index (χ2v) is 8.92. The van der Waals surface area contributed by atoms with E-state index in [9.17, 15) is 18.0 Å². The van der Waals surface area contributed by atoms with Crippen LogP contribution in [0.5, 0.6) is 5.75 Å². The standard InChI is InChI=1S/C24H22F3N3O2S2/c1-15(22(31)29-19-11-4-3-10-18(19)24(25,26)27)34-17-9-7-8-16(14-17)28-23(33)30-20-12-5-6-13-21(20)32-2/h3-15H,1-2H3,(H,29,31)(H2,28,30,33). The van der Waals surface area contributed by atoms with Gasteiger partial charge in [0.25, 0.3) is 0 Å². The first kappa shape index (κ1) is 25.4. The van der Waals surface area contributed by atoms with Crippen LogP contribution in [0.25, 0.3) is 0 Å². The molecule has 1 amide bonds. The van der Waals surface area contributed by atoms with Gasteiger partial charge in [-0.1, -0.05) is 30.3 Å². The number of anilines is 3. The number of hydrogen-bond acceptors (Lipinski definition) is 4. The molecule has 5 nitrogen and oxygen atoms in total. The highest BCUT2D eigenvalue weighted by Gasteiger charge is 2.33. The maximum Gasteiger partial charge on any atom is 0.418 e. The Labute approximate surface area is 205 Å². The molecule has 0 aliphatic carbocycles. The number of ether oxygens (including phenoxy) is 1. The van der Waals surface area contributed by atoms with E-state index in [0.29, 0.717) is 22.2 Å². The van der Waals surface area contributed by atoms with E-state index in [2.05, 4.69) is 16.0 Å². The molecule has 34 heavy (non-hydrogen) atoms. The Morgan fingerprint density at radius 2 is 1.62 bits per heavy atom. The largest absolute Gasteiger partial charge is 0.495 e. The molecule has 0 spiro atoms. The first-order valence-corrected chi connectivity index (χ1v) is 11.4. The Bertz CT molecular complexity index is 1170. The molecule has 0 saturated carbocycles. The number of rotatable bonds is 7. The molecular weight excluding hydrogens is 483 g/mol. The van der Waals surface area contributed by atoms with Crippen molar-refractivity contribution in [1.29, 1.82) is 0 Å². The van der Waals surface area contributed by atoms with Crippen LogP contribution < -0.4 is 20.7 Å². The molecule has 0 heterocycles. The molecule has 178 valence electrons. The van der Waals surface area contributed by atoms with E-state index < -0.39 is 22.9 Å². The van der Waals surface area contributed by atoms with Crippen molar-refractivity contribution in [2.75, 3.05) is 23.1 Å². The number of nitrogens with one attached hydrogen (secondary N) is 3. The second kappa shape index (κ2) is 11.3. The number of thiocarbonyl (C=S) groups is 1. The maximum atomic E-state index is 13.2.